The molecule has 0 radical (unpaired) electrons. The van der Waals surface area contributed by atoms with Gasteiger partial charge in [-0.15, -0.1) is 0 Å². The molecule has 0 unspecified atom stereocenters. The number of anilines is 2. The Bertz CT molecular complexity index is 1130. The molecular weight excluding hydrogens is 397 g/mol. The molecule has 0 spiro atoms. The van der Waals surface area contributed by atoms with Gasteiger partial charge >= 0.3 is 0 Å². The SMILES string of the molecule is C[C@H]1CN(c2ccc(Cl)c(Cl)c2)C(=O)c2c(C#Cc3ccc(N)nc3)cnn21. The van der Waals surface area contributed by atoms with E-state index in [9.17, 15) is 4.79 Å². The highest BCUT2D eigenvalue weighted by molar-refractivity contribution is 6.42. The maximum absolute atomic E-state index is 13.2. The molecule has 3 aromatic rings. The van der Waals surface area contributed by atoms with Crippen molar-refractivity contribution in [2.24, 2.45) is 0 Å². The second-order valence-corrected chi connectivity index (χ2v) is 7.25. The number of halogens is 2. The first-order valence-electron chi connectivity index (χ1n) is 8.52. The molecule has 0 saturated heterocycles. The third kappa shape index (κ3) is 3.31. The molecule has 2 aromatic heterocycles. The molecule has 0 saturated carbocycles. The summed E-state index contributed by atoms with van der Waals surface area (Å²) in [4.78, 5) is 18.9. The van der Waals surface area contributed by atoms with Gasteiger partial charge in [0, 0.05) is 24.0 Å². The summed E-state index contributed by atoms with van der Waals surface area (Å²) in [6.45, 7) is 2.47. The van der Waals surface area contributed by atoms with Crippen molar-refractivity contribution < 1.29 is 4.79 Å². The molecule has 140 valence electrons. The molecule has 1 atom stereocenters. The van der Waals surface area contributed by atoms with Gasteiger partial charge in [-0.1, -0.05) is 35.0 Å². The van der Waals surface area contributed by atoms with Crippen LogP contribution in [0.3, 0.4) is 0 Å². The molecule has 28 heavy (non-hydrogen) atoms. The van der Waals surface area contributed by atoms with Crippen molar-refractivity contribution in [3.8, 4) is 11.8 Å². The lowest BCUT2D eigenvalue weighted by molar-refractivity contribution is 0.0953. The zero-order valence-corrected chi connectivity index (χ0v) is 16.4. The van der Waals surface area contributed by atoms with Crippen LogP contribution in [0.5, 0.6) is 0 Å². The van der Waals surface area contributed by atoms with E-state index in [-0.39, 0.29) is 11.9 Å². The summed E-state index contributed by atoms with van der Waals surface area (Å²) in [6.07, 6.45) is 3.20. The van der Waals surface area contributed by atoms with Crippen LogP contribution in [0.2, 0.25) is 10.0 Å². The Balaban J connectivity index is 1.72. The first kappa shape index (κ1) is 18.4. The Labute approximate surface area is 171 Å². The summed E-state index contributed by atoms with van der Waals surface area (Å²) in [5, 5.41) is 5.20. The van der Waals surface area contributed by atoms with E-state index in [1.165, 1.54) is 0 Å². The summed E-state index contributed by atoms with van der Waals surface area (Å²) >= 11 is 12.1. The Kier molecular flexibility index (Phi) is 4.71. The van der Waals surface area contributed by atoms with Gasteiger partial charge in [0.25, 0.3) is 5.91 Å². The second kappa shape index (κ2) is 7.19. The van der Waals surface area contributed by atoms with Gasteiger partial charge in [-0.3, -0.25) is 9.48 Å². The average Bonchev–Trinajstić information content (AvgIpc) is 3.11. The van der Waals surface area contributed by atoms with Crippen LogP contribution in [0.25, 0.3) is 0 Å². The first-order chi connectivity index (χ1) is 13.4. The molecule has 2 N–H and O–H groups in total. The van der Waals surface area contributed by atoms with Gasteiger partial charge in [0.1, 0.15) is 11.5 Å². The van der Waals surface area contributed by atoms with Crippen LogP contribution in [0.4, 0.5) is 11.5 Å². The number of nitrogen functional groups attached to an aromatic ring is 1. The number of benzene rings is 1. The number of nitrogens with two attached hydrogens (primary N) is 1. The fraction of sp³-hybridized carbons (Fsp3) is 0.150. The molecule has 3 heterocycles. The fourth-order valence-corrected chi connectivity index (χ4v) is 3.34. The lowest BCUT2D eigenvalue weighted by atomic mass is 10.1. The van der Waals surface area contributed by atoms with Crippen molar-refractivity contribution in [2.75, 3.05) is 17.2 Å². The molecule has 0 fully saturated rings. The summed E-state index contributed by atoms with van der Waals surface area (Å²) in [5.74, 6) is 6.26. The van der Waals surface area contributed by atoms with Gasteiger partial charge in [-0.05, 0) is 37.3 Å². The van der Waals surface area contributed by atoms with E-state index in [0.717, 1.165) is 0 Å². The number of pyridine rings is 1. The molecule has 1 amide bonds. The lowest BCUT2D eigenvalue weighted by Crippen LogP contribution is -2.43. The highest BCUT2D eigenvalue weighted by atomic mass is 35.5. The molecule has 6 nitrogen and oxygen atoms in total. The quantitative estimate of drug-likeness (QED) is 0.617. The first-order valence-corrected chi connectivity index (χ1v) is 9.27. The monoisotopic (exact) mass is 411 g/mol. The average molecular weight is 412 g/mol. The number of nitrogens with zero attached hydrogens (tertiary/aromatic N) is 4. The summed E-state index contributed by atoms with van der Waals surface area (Å²) < 4.78 is 1.71. The number of carbonyl (C=O) groups excluding carboxylic acids is 1. The lowest BCUT2D eigenvalue weighted by Gasteiger charge is -2.32. The smallest absolute Gasteiger partial charge is 0.277 e. The molecular formula is C20H15Cl2N5O. The van der Waals surface area contributed by atoms with Crippen molar-refractivity contribution in [1.82, 2.24) is 14.8 Å². The predicted octanol–water partition coefficient (Wildman–Crippen LogP) is 3.79. The molecule has 4 rings (SSSR count). The van der Waals surface area contributed by atoms with Gasteiger partial charge < -0.3 is 10.6 Å². The third-order valence-electron chi connectivity index (χ3n) is 4.45. The van der Waals surface area contributed by atoms with Crippen LogP contribution < -0.4 is 10.6 Å². The number of rotatable bonds is 1. The normalized spacial score (nSPS) is 15.8. The van der Waals surface area contributed by atoms with Crippen LogP contribution in [0.1, 0.15) is 34.6 Å². The largest absolute Gasteiger partial charge is 0.384 e. The van der Waals surface area contributed by atoms with E-state index < -0.39 is 0 Å². The third-order valence-corrected chi connectivity index (χ3v) is 5.19. The number of hydrogen-bond acceptors (Lipinski definition) is 4. The topological polar surface area (TPSA) is 77.0 Å². The van der Waals surface area contributed by atoms with Gasteiger partial charge in [0.05, 0.1) is 27.8 Å². The summed E-state index contributed by atoms with van der Waals surface area (Å²) in [6, 6.07) is 8.57. The molecule has 1 aliphatic heterocycles. The Morgan fingerprint density at radius 1 is 1.14 bits per heavy atom. The highest BCUT2D eigenvalue weighted by Gasteiger charge is 2.33. The van der Waals surface area contributed by atoms with E-state index in [1.54, 1.807) is 52.3 Å². The standard InChI is InChI=1S/C20H15Cl2N5O/c1-12-11-26(15-5-6-16(21)17(22)8-15)20(28)19-14(10-25-27(12)19)4-2-13-3-7-18(23)24-9-13/h3,5-10,12H,11H2,1H3,(H2,23,24)/t12-/m0/s1. The fourth-order valence-electron chi connectivity index (χ4n) is 3.05. The van der Waals surface area contributed by atoms with E-state index in [2.05, 4.69) is 21.9 Å². The number of fused-ring (bicyclic) bond motifs is 1. The maximum atomic E-state index is 13.2. The number of hydrogen-bond donors (Lipinski definition) is 1. The minimum absolute atomic E-state index is 0.0177. The minimum atomic E-state index is -0.186. The van der Waals surface area contributed by atoms with Crippen molar-refractivity contribution in [1.29, 1.82) is 0 Å². The second-order valence-electron chi connectivity index (χ2n) is 6.44. The van der Waals surface area contributed by atoms with Gasteiger partial charge in [0.2, 0.25) is 0 Å². The molecule has 0 aliphatic carbocycles. The van der Waals surface area contributed by atoms with E-state index in [0.29, 0.717) is 44.9 Å². The van der Waals surface area contributed by atoms with Crippen LogP contribution in [-0.4, -0.2) is 27.2 Å². The molecule has 1 aliphatic rings. The van der Waals surface area contributed by atoms with E-state index in [4.69, 9.17) is 28.9 Å². The van der Waals surface area contributed by atoms with Crippen LogP contribution in [-0.2, 0) is 0 Å². The highest BCUT2D eigenvalue weighted by Crippen LogP contribution is 2.31. The predicted molar refractivity (Wildman–Crippen MR) is 110 cm³/mol. The van der Waals surface area contributed by atoms with Gasteiger partial charge in [-0.2, -0.15) is 5.10 Å². The Hall–Kier alpha value is -3.01. The zero-order chi connectivity index (χ0) is 19.8. The van der Waals surface area contributed by atoms with Crippen molar-refractivity contribution in [3.63, 3.8) is 0 Å². The van der Waals surface area contributed by atoms with Gasteiger partial charge in [-0.25, -0.2) is 4.98 Å². The van der Waals surface area contributed by atoms with Crippen LogP contribution >= 0.6 is 23.2 Å². The Morgan fingerprint density at radius 2 is 1.96 bits per heavy atom. The maximum Gasteiger partial charge on any atom is 0.277 e. The van der Waals surface area contributed by atoms with Crippen molar-refractivity contribution in [2.45, 2.75) is 13.0 Å². The number of aromatic nitrogens is 3. The zero-order valence-electron chi connectivity index (χ0n) is 14.9. The summed E-state index contributed by atoms with van der Waals surface area (Å²) in [7, 11) is 0. The van der Waals surface area contributed by atoms with E-state index >= 15 is 0 Å². The molecule has 1 aromatic carbocycles. The van der Waals surface area contributed by atoms with Crippen molar-refractivity contribution in [3.05, 3.63) is 69.6 Å². The Morgan fingerprint density at radius 3 is 2.68 bits per heavy atom. The molecule has 8 heteroatoms. The molecule has 0 bridgehead atoms. The van der Waals surface area contributed by atoms with E-state index in [1.807, 2.05) is 6.92 Å². The van der Waals surface area contributed by atoms with Crippen molar-refractivity contribution >= 4 is 40.6 Å². The number of carbonyl (C=O) groups is 1. The number of amides is 1. The van der Waals surface area contributed by atoms with Crippen LogP contribution in [0.15, 0.2) is 42.7 Å². The van der Waals surface area contributed by atoms with Gasteiger partial charge in [0.15, 0.2) is 0 Å². The minimum Gasteiger partial charge on any atom is -0.384 e. The summed E-state index contributed by atoms with van der Waals surface area (Å²) in [5.41, 5.74) is 7.97. The van der Waals surface area contributed by atoms with Crippen LogP contribution in [0, 0.1) is 11.8 Å².